The summed E-state index contributed by atoms with van der Waals surface area (Å²) in [5.41, 5.74) is 1.37. The van der Waals surface area contributed by atoms with Gasteiger partial charge in [0.05, 0.1) is 6.07 Å². The zero-order valence-electron chi connectivity index (χ0n) is 13.0. The lowest BCUT2D eigenvalue weighted by Gasteiger charge is -2.33. The molecule has 0 N–H and O–H groups in total. The first-order valence-electron chi connectivity index (χ1n) is 7.84. The third kappa shape index (κ3) is 4.07. The van der Waals surface area contributed by atoms with Gasteiger partial charge in [-0.15, -0.1) is 0 Å². The van der Waals surface area contributed by atoms with Crippen molar-refractivity contribution in [2.24, 2.45) is 17.8 Å². The molecule has 0 aromatic heterocycles. The number of hydrogen-bond acceptors (Lipinski definition) is 2. The smallest absolute Gasteiger partial charge is 0.240 e. The van der Waals surface area contributed by atoms with E-state index >= 15 is 0 Å². The summed E-state index contributed by atoms with van der Waals surface area (Å²) in [5, 5.41) is 9.15. The Morgan fingerprint density at radius 2 is 1.90 bits per heavy atom. The number of rotatable bonds is 4. The highest BCUT2D eigenvalue weighted by atomic mass is 16.2. The van der Waals surface area contributed by atoms with Crippen molar-refractivity contribution in [1.82, 2.24) is 4.90 Å². The molecule has 1 aromatic carbocycles. The maximum atomic E-state index is 12.3. The number of piperidine rings is 1. The van der Waals surface area contributed by atoms with E-state index in [1.54, 1.807) is 0 Å². The van der Waals surface area contributed by atoms with Crippen LogP contribution in [0.1, 0.15) is 32.3 Å². The maximum Gasteiger partial charge on any atom is 0.240 e. The number of carbonyl (C=O) groups is 1. The predicted octanol–water partition coefficient (Wildman–Crippen LogP) is 3.26. The van der Waals surface area contributed by atoms with Crippen LogP contribution in [0.5, 0.6) is 0 Å². The highest BCUT2D eigenvalue weighted by molar-refractivity contribution is 5.81. The summed E-state index contributed by atoms with van der Waals surface area (Å²) in [6, 6.07) is 12.7. The molecule has 0 spiro atoms. The van der Waals surface area contributed by atoms with E-state index in [0.29, 0.717) is 5.92 Å². The molecule has 1 unspecified atom stereocenters. The third-order valence-electron chi connectivity index (χ3n) is 4.37. The van der Waals surface area contributed by atoms with Gasteiger partial charge in [0.1, 0.15) is 5.92 Å². The molecule has 0 aliphatic carbocycles. The fraction of sp³-hybridized carbons (Fsp3) is 0.556. The zero-order valence-corrected chi connectivity index (χ0v) is 13.0. The second kappa shape index (κ2) is 7.26. The summed E-state index contributed by atoms with van der Waals surface area (Å²) in [4.78, 5) is 14.2. The van der Waals surface area contributed by atoms with Gasteiger partial charge in [-0.05, 0) is 36.7 Å². The Morgan fingerprint density at radius 3 is 2.43 bits per heavy atom. The molecule has 21 heavy (non-hydrogen) atoms. The van der Waals surface area contributed by atoms with Crippen LogP contribution in [-0.2, 0) is 11.2 Å². The number of hydrogen-bond donors (Lipinski definition) is 0. The van der Waals surface area contributed by atoms with Gasteiger partial charge in [-0.25, -0.2) is 0 Å². The first kappa shape index (κ1) is 15.6. The van der Waals surface area contributed by atoms with Gasteiger partial charge in [0.25, 0.3) is 0 Å². The molecule has 1 aliphatic heterocycles. The van der Waals surface area contributed by atoms with Gasteiger partial charge in [-0.3, -0.25) is 4.79 Å². The summed E-state index contributed by atoms with van der Waals surface area (Å²) in [7, 11) is 0. The average Bonchev–Trinajstić information content (AvgIpc) is 2.49. The number of benzene rings is 1. The Kier molecular flexibility index (Phi) is 5.38. The van der Waals surface area contributed by atoms with E-state index in [4.69, 9.17) is 5.26 Å². The molecular weight excluding hydrogens is 260 g/mol. The third-order valence-corrected chi connectivity index (χ3v) is 4.37. The number of carbonyl (C=O) groups excluding carboxylic acids is 1. The van der Waals surface area contributed by atoms with Crippen molar-refractivity contribution in [3.63, 3.8) is 0 Å². The van der Waals surface area contributed by atoms with E-state index in [2.05, 4.69) is 30.3 Å². The SMILES string of the molecule is CC(C)C(C#N)C(=O)N1CCC(Cc2ccccc2)CC1. The van der Waals surface area contributed by atoms with Crippen LogP contribution in [0, 0.1) is 29.1 Å². The standard InChI is InChI=1S/C18H24N2O/c1-14(2)17(13-19)18(21)20-10-8-16(9-11-20)12-15-6-4-3-5-7-15/h3-7,14,16-17H,8-12H2,1-2H3. The minimum absolute atomic E-state index is 0.0191. The second-order valence-electron chi connectivity index (χ2n) is 6.31. The fourth-order valence-corrected chi connectivity index (χ4v) is 2.99. The summed E-state index contributed by atoms with van der Waals surface area (Å²) in [6.07, 6.45) is 3.17. The highest BCUT2D eigenvalue weighted by Gasteiger charge is 2.29. The minimum atomic E-state index is -0.490. The molecule has 1 aromatic rings. The van der Waals surface area contributed by atoms with Crippen molar-refractivity contribution in [3.8, 4) is 6.07 Å². The average molecular weight is 284 g/mol. The molecule has 0 bridgehead atoms. The van der Waals surface area contributed by atoms with E-state index in [0.717, 1.165) is 32.4 Å². The van der Waals surface area contributed by atoms with Crippen LogP contribution in [0.15, 0.2) is 30.3 Å². The molecule has 112 valence electrons. The molecule has 1 fully saturated rings. The van der Waals surface area contributed by atoms with Crippen LogP contribution in [0.3, 0.4) is 0 Å². The fourth-order valence-electron chi connectivity index (χ4n) is 2.99. The Bertz CT molecular complexity index is 496. The Labute approximate surface area is 127 Å². The molecule has 2 rings (SSSR count). The van der Waals surface area contributed by atoms with Gasteiger partial charge in [0.15, 0.2) is 0 Å². The highest BCUT2D eigenvalue weighted by Crippen LogP contribution is 2.24. The van der Waals surface area contributed by atoms with Crippen LogP contribution < -0.4 is 0 Å². The van der Waals surface area contributed by atoms with Crippen LogP contribution in [0.25, 0.3) is 0 Å². The van der Waals surface area contributed by atoms with Crippen molar-refractivity contribution < 1.29 is 4.79 Å². The lowest BCUT2D eigenvalue weighted by atomic mass is 9.88. The lowest BCUT2D eigenvalue weighted by Crippen LogP contribution is -2.43. The van der Waals surface area contributed by atoms with Gasteiger partial charge >= 0.3 is 0 Å². The Balaban J connectivity index is 1.86. The van der Waals surface area contributed by atoms with E-state index in [9.17, 15) is 4.79 Å². The molecule has 3 heteroatoms. The van der Waals surface area contributed by atoms with Crippen molar-refractivity contribution in [3.05, 3.63) is 35.9 Å². The summed E-state index contributed by atoms with van der Waals surface area (Å²) < 4.78 is 0. The molecular formula is C18H24N2O. The quantitative estimate of drug-likeness (QED) is 0.851. The predicted molar refractivity (Wildman–Crippen MR) is 83.4 cm³/mol. The van der Waals surface area contributed by atoms with Crippen molar-refractivity contribution in [1.29, 1.82) is 5.26 Å². The Morgan fingerprint density at radius 1 is 1.29 bits per heavy atom. The summed E-state index contributed by atoms with van der Waals surface area (Å²) in [6.45, 7) is 5.46. The van der Waals surface area contributed by atoms with Gasteiger partial charge in [-0.2, -0.15) is 5.26 Å². The molecule has 1 amide bonds. The molecule has 1 aliphatic rings. The van der Waals surface area contributed by atoms with Crippen molar-refractivity contribution in [2.45, 2.75) is 33.1 Å². The van der Waals surface area contributed by atoms with Crippen LogP contribution in [0.2, 0.25) is 0 Å². The molecule has 0 saturated carbocycles. The summed E-state index contributed by atoms with van der Waals surface area (Å²) in [5.74, 6) is 0.266. The molecule has 3 nitrogen and oxygen atoms in total. The monoisotopic (exact) mass is 284 g/mol. The van der Waals surface area contributed by atoms with E-state index < -0.39 is 5.92 Å². The zero-order chi connectivity index (χ0) is 15.2. The Hall–Kier alpha value is -1.82. The number of likely N-dealkylation sites (tertiary alicyclic amines) is 1. The second-order valence-corrected chi connectivity index (χ2v) is 6.31. The van der Waals surface area contributed by atoms with E-state index in [1.165, 1.54) is 5.56 Å². The van der Waals surface area contributed by atoms with Crippen LogP contribution >= 0.6 is 0 Å². The molecule has 1 saturated heterocycles. The molecule has 1 atom stereocenters. The first-order valence-corrected chi connectivity index (χ1v) is 7.84. The van der Waals surface area contributed by atoms with Gasteiger partial charge in [0, 0.05) is 13.1 Å². The number of amides is 1. The molecule has 1 heterocycles. The first-order chi connectivity index (χ1) is 10.1. The van der Waals surface area contributed by atoms with Crippen LogP contribution in [-0.4, -0.2) is 23.9 Å². The maximum absolute atomic E-state index is 12.3. The number of nitriles is 1. The minimum Gasteiger partial charge on any atom is -0.342 e. The van der Waals surface area contributed by atoms with Crippen molar-refractivity contribution in [2.75, 3.05) is 13.1 Å². The lowest BCUT2D eigenvalue weighted by molar-refractivity contribution is -0.136. The van der Waals surface area contributed by atoms with Gasteiger partial charge < -0.3 is 4.90 Å². The molecule has 0 radical (unpaired) electrons. The van der Waals surface area contributed by atoms with Gasteiger partial charge in [0.2, 0.25) is 5.91 Å². The van der Waals surface area contributed by atoms with Gasteiger partial charge in [-0.1, -0.05) is 44.2 Å². The van der Waals surface area contributed by atoms with Crippen LogP contribution in [0.4, 0.5) is 0 Å². The summed E-state index contributed by atoms with van der Waals surface area (Å²) >= 11 is 0. The largest absolute Gasteiger partial charge is 0.342 e. The van der Waals surface area contributed by atoms with Crippen molar-refractivity contribution >= 4 is 5.91 Å². The topological polar surface area (TPSA) is 44.1 Å². The van der Waals surface area contributed by atoms with E-state index in [1.807, 2.05) is 24.8 Å². The van der Waals surface area contributed by atoms with E-state index in [-0.39, 0.29) is 11.8 Å². The number of nitrogens with zero attached hydrogens (tertiary/aromatic N) is 2. The normalized spacial score (nSPS) is 17.5.